The molecule has 4 N–H and O–H groups in total. The second-order valence-electron chi connectivity index (χ2n) is 9.03. The summed E-state index contributed by atoms with van der Waals surface area (Å²) >= 11 is 0. The van der Waals surface area contributed by atoms with Crippen LogP contribution < -0.4 is 16.0 Å². The Bertz CT molecular complexity index is 772. The van der Waals surface area contributed by atoms with E-state index in [1.165, 1.54) is 4.90 Å². The number of amides is 4. The van der Waals surface area contributed by atoms with E-state index in [0.717, 1.165) is 0 Å². The first kappa shape index (κ1) is 23.3. The van der Waals surface area contributed by atoms with Crippen LogP contribution in [0.2, 0.25) is 0 Å². The third kappa shape index (κ3) is 4.63. The fourth-order valence-corrected chi connectivity index (χ4v) is 4.88. The van der Waals surface area contributed by atoms with Crippen LogP contribution in [0.25, 0.3) is 0 Å². The SMILES string of the molecule is CC1(C)C2CN(C(=O)CNC(=O)C(F)(F)F)[C@H](C(=O)N[C@H](CO)C[C@@H]3CCNC3=O)C21. The quantitative estimate of drug-likeness (QED) is 0.404. The number of likely N-dealkylation sites (tertiary alicyclic amines) is 1. The van der Waals surface area contributed by atoms with Gasteiger partial charge in [0, 0.05) is 19.0 Å². The molecule has 5 atom stereocenters. The molecule has 2 aliphatic heterocycles. The zero-order chi connectivity index (χ0) is 23.1. The molecule has 2 heterocycles. The molecule has 0 aromatic carbocycles. The van der Waals surface area contributed by atoms with Crippen molar-refractivity contribution in [1.29, 1.82) is 0 Å². The number of hydrogen-bond acceptors (Lipinski definition) is 5. The van der Waals surface area contributed by atoms with Gasteiger partial charge in [-0.2, -0.15) is 13.2 Å². The Morgan fingerprint density at radius 3 is 2.55 bits per heavy atom. The molecule has 3 fully saturated rings. The monoisotopic (exact) mass is 448 g/mol. The molecule has 3 rings (SSSR count). The van der Waals surface area contributed by atoms with Gasteiger partial charge >= 0.3 is 12.1 Å². The Morgan fingerprint density at radius 2 is 2.00 bits per heavy atom. The van der Waals surface area contributed by atoms with Crippen LogP contribution >= 0.6 is 0 Å². The molecule has 31 heavy (non-hydrogen) atoms. The first-order valence-electron chi connectivity index (χ1n) is 10.2. The van der Waals surface area contributed by atoms with E-state index < -0.39 is 49.1 Å². The van der Waals surface area contributed by atoms with E-state index in [2.05, 4.69) is 10.6 Å². The summed E-state index contributed by atoms with van der Waals surface area (Å²) in [5.41, 5.74) is -0.214. The van der Waals surface area contributed by atoms with Gasteiger partial charge in [-0.25, -0.2) is 0 Å². The summed E-state index contributed by atoms with van der Waals surface area (Å²) in [6, 6.07) is -1.61. The topological polar surface area (TPSA) is 128 Å². The molecule has 1 saturated carbocycles. The number of nitrogens with zero attached hydrogens (tertiary/aromatic N) is 1. The number of aliphatic hydroxyl groups is 1. The molecule has 0 spiro atoms. The summed E-state index contributed by atoms with van der Waals surface area (Å²) in [5.74, 6) is -4.16. The minimum atomic E-state index is -5.10. The summed E-state index contributed by atoms with van der Waals surface area (Å²) in [6.45, 7) is 3.36. The standard InChI is InChI=1S/C19H27F3N4O5/c1-18(2)11-7-26(12(28)6-24-17(31)19(20,21)22)14(13(11)18)16(30)25-10(8-27)5-9-3-4-23-15(9)29/h9-11,13-14,27H,3-8H2,1-2H3,(H,23,29)(H,24,31)(H,25,30)/t9-,10-,11?,13?,14-/m0/s1. The molecule has 174 valence electrons. The average Bonchev–Trinajstić information content (AvgIpc) is 3.05. The minimum absolute atomic E-state index is 0.0127. The Morgan fingerprint density at radius 1 is 1.32 bits per heavy atom. The first-order valence-corrected chi connectivity index (χ1v) is 10.2. The Hall–Kier alpha value is -2.37. The molecule has 4 amide bonds. The number of alkyl halides is 3. The predicted molar refractivity (Wildman–Crippen MR) is 100 cm³/mol. The lowest BCUT2D eigenvalue weighted by Crippen LogP contribution is -2.55. The number of rotatable bonds is 7. The number of carbonyl (C=O) groups is 4. The molecule has 2 saturated heterocycles. The maximum Gasteiger partial charge on any atom is 0.471 e. The molecule has 3 aliphatic rings. The second-order valence-corrected chi connectivity index (χ2v) is 9.03. The Kier molecular flexibility index (Phi) is 6.23. The fourth-order valence-electron chi connectivity index (χ4n) is 4.88. The average molecular weight is 448 g/mol. The number of hydrogen-bond donors (Lipinski definition) is 4. The molecule has 0 aromatic rings. The van der Waals surface area contributed by atoms with Gasteiger partial charge in [0.05, 0.1) is 19.2 Å². The van der Waals surface area contributed by atoms with Crippen molar-refractivity contribution < 1.29 is 37.5 Å². The minimum Gasteiger partial charge on any atom is -0.394 e. The molecular formula is C19H27F3N4O5. The molecule has 0 aromatic heterocycles. The van der Waals surface area contributed by atoms with Gasteiger partial charge in [0.1, 0.15) is 6.04 Å². The van der Waals surface area contributed by atoms with Crippen molar-refractivity contribution in [1.82, 2.24) is 20.9 Å². The molecule has 0 radical (unpaired) electrons. The maximum atomic E-state index is 13.0. The van der Waals surface area contributed by atoms with E-state index in [1.54, 1.807) is 5.32 Å². The number of halogens is 3. The van der Waals surface area contributed by atoms with Gasteiger partial charge in [-0.1, -0.05) is 13.8 Å². The van der Waals surface area contributed by atoms with E-state index in [1.807, 2.05) is 13.8 Å². The predicted octanol–water partition coefficient (Wildman–Crippen LogP) is -0.849. The van der Waals surface area contributed by atoms with Crippen molar-refractivity contribution in [2.24, 2.45) is 23.2 Å². The second kappa shape index (κ2) is 8.29. The highest BCUT2D eigenvalue weighted by Gasteiger charge is 2.69. The van der Waals surface area contributed by atoms with Crippen LogP contribution in [0.4, 0.5) is 13.2 Å². The van der Waals surface area contributed by atoms with E-state index in [-0.39, 0.29) is 42.0 Å². The van der Waals surface area contributed by atoms with Gasteiger partial charge in [0.25, 0.3) is 0 Å². The van der Waals surface area contributed by atoms with Crippen molar-refractivity contribution in [3.05, 3.63) is 0 Å². The molecular weight excluding hydrogens is 421 g/mol. The lowest BCUT2D eigenvalue weighted by molar-refractivity contribution is -0.174. The van der Waals surface area contributed by atoms with Crippen molar-refractivity contribution in [3.63, 3.8) is 0 Å². The van der Waals surface area contributed by atoms with Gasteiger partial charge < -0.3 is 26.0 Å². The normalized spacial score (nSPS) is 29.7. The molecule has 2 unspecified atom stereocenters. The number of aliphatic hydroxyl groups excluding tert-OH is 1. The lowest BCUT2D eigenvalue weighted by Gasteiger charge is -2.31. The Balaban J connectivity index is 1.65. The largest absolute Gasteiger partial charge is 0.471 e. The van der Waals surface area contributed by atoms with Crippen LogP contribution in [0.3, 0.4) is 0 Å². The molecule has 9 nitrogen and oxygen atoms in total. The first-order chi connectivity index (χ1) is 14.4. The fraction of sp³-hybridized carbons (Fsp3) is 0.789. The molecule has 12 heteroatoms. The van der Waals surface area contributed by atoms with Crippen molar-refractivity contribution >= 4 is 23.6 Å². The van der Waals surface area contributed by atoms with Crippen LogP contribution in [0.5, 0.6) is 0 Å². The zero-order valence-electron chi connectivity index (χ0n) is 17.3. The lowest BCUT2D eigenvalue weighted by atomic mass is 9.97. The van der Waals surface area contributed by atoms with Crippen molar-refractivity contribution in [2.45, 2.75) is 44.9 Å². The third-order valence-electron chi connectivity index (χ3n) is 6.75. The van der Waals surface area contributed by atoms with Gasteiger partial charge in [-0.15, -0.1) is 0 Å². The number of carbonyl (C=O) groups excluding carboxylic acids is 4. The van der Waals surface area contributed by atoms with Crippen LogP contribution in [-0.2, 0) is 19.2 Å². The number of fused-ring (bicyclic) bond motifs is 1. The summed E-state index contributed by atoms with van der Waals surface area (Å²) in [7, 11) is 0. The van der Waals surface area contributed by atoms with Crippen LogP contribution in [0, 0.1) is 23.2 Å². The highest BCUT2D eigenvalue weighted by Crippen LogP contribution is 2.64. The van der Waals surface area contributed by atoms with Crippen molar-refractivity contribution in [3.8, 4) is 0 Å². The highest BCUT2D eigenvalue weighted by molar-refractivity contribution is 5.92. The zero-order valence-corrected chi connectivity index (χ0v) is 17.3. The molecule has 1 aliphatic carbocycles. The van der Waals surface area contributed by atoms with Gasteiger partial charge in [-0.3, -0.25) is 19.2 Å². The Labute approximate surface area is 177 Å². The summed E-state index contributed by atoms with van der Waals surface area (Å²) in [6.07, 6.45) is -4.27. The van der Waals surface area contributed by atoms with Crippen LogP contribution in [-0.4, -0.2) is 78.1 Å². The van der Waals surface area contributed by atoms with Gasteiger partial charge in [0.2, 0.25) is 17.7 Å². The van der Waals surface area contributed by atoms with Gasteiger partial charge in [-0.05, 0) is 30.1 Å². The third-order valence-corrected chi connectivity index (χ3v) is 6.75. The number of piperidine rings is 1. The highest BCUT2D eigenvalue weighted by atomic mass is 19.4. The molecule has 0 bridgehead atoms. The summed E-state index contributed by atoms with van der Waals surface area (Å²) in [4.78, 5) is 49.5. The summed E-state index contributed by atoms with van der Waals surface area (Å²) < 4.78 is 37.1. The van der Waals surface area contributed by atoms with Crippen LogP contribution in [0.1, 0.15) is 26.7 Å². The van der Waals surface area contributed by atoms with E-state index in [0.29, 0.717) is 13.0 Å². The summed E-state index contributed by atoms with van der Waals surface area (Å²) in [5, 5.41) is 16.6. The maximum absolute atomic E-state index is 13.0. The van der Waals surface area contributed by atoms with E-state index >= 15 is 0 Å². The van der Waals surface area contributed by atoms with E-state index in [9.17, 15) is 37.5 Å². The van der Waals surface area contributed by atoms with Gasteiger partial charge in [0.15, 0.2) is 0 Å². The van der Waals surface area contributed by atoms with E-state index in [4.69, 9.17) is 0 Å². The number of nitrogens with one attached hydrogen (secondary N) is 3. The van der Waals surface area contributed by atoms with Crippen LogP contribution in [0.15, 0.2) is 0 Å². The van der Waals surface area contributed by atoms with Crippen molar-refractivity contribution in [2.75, 3.05) is 26.2 Å². The smallest absolute Gasteiger partial charge is 0.394 e.